The van der Waals surface area contributed by atoms with Crippen molar-refractivity contribution in [3.63, 3.8) is 0 Å². The smallest absolute Gasteiger partial charge is 0.190 e. The highest BCUT2D eigenvalue weighted by atomic mass is 127. The first kappa shape index (κ1) is 17.8. The summed E-state index contributed by atoms with van der Waals surface area (Å²) < 4.78 is 10.8. The highest BCUT2D eigenvalue weighted by Crippen LogP contribution is 2.17. The summed E-state index contributed by atoms with van der Waals surface area (Å²) in [6, 6.07) is 7.54. The summed E-state index contributed by atoms with van der Waals surface area (Å²) >= 11 is 0. The van der Waals surface area contributed by atoms with Crippen molar-refractivity contribution in [1.29, 1.82) is 0 Å². The van der Waals surface area contributed by atoms with E-state index in [-0.39, 0.29) is 30.1 Å². The van der Waals surface area contributed by atoms with Gasteiger partial charge in [0.2, 0.25) is 0 Å². The lowest BCUT2D eigenvalue weighted by atomic mass is 10.3. The highest BCUT2D eigenvalue weighted by Gasteiger charge is 2.05. The van der Waals surface area contributed by atoms with Gasteiger partial charge in [0.15, 0.2) is 5.96 Å². The standard InChI is InChI=1S/C13H21N3O2.HI/c1-10(9-16-13(14-2)15-3)18-12-7-5-11(17-4)6-8-12;/h5-8,10H,9H2,1-4H3,(H2,14,15,16);1H. The molecule has 0 amide bonds. The first-order chi connectivity index (χ1) is 8.69. The Morgan fingerprint density at radius 3 is 2.32 bits per heavy atom. The molecule has 1 rings (SSSR count). The minimum atomic E-state index is 0. The third-order valence-corrected chi connectivity index (χ3v) is 2.41. The maximum absolute atomic E-state index is 5.75. The molecule has 1 aromatic carbocycles. The molecule has 0 spiro atoms. The summed E-state index contributed by atoms with van der Waals surface area (Å²) in [4.78, 5) is 4.03. The van der Waals surface area contributed by atoms with Crippen molar-refractivity contribution in [2.45, 2.75) is 13.0 Å². The van der Waals surface area contributed by atoms with Gasteiger partial charge in [0.1, 0.15) is 17.6 Å². The summed E-state index contributed by atoms with van der Waals surface area (Å²) in [5, 5.41) is 6.10. The molecular weight excluding hydrogens is 357 g/mol. The second-order valence-corrected chi connectivity index (χ2v) is 3.81. The zero-order chi connectivity index (χ0) is 13.4. The van der Waals surface area contributed by atoms with Crippen LogP contribution in [-0.2, 0) is 0 Å². The van der Waals surface area contributed by atoms with Gasteiger partial charge < -0.3 is 20.1 Å². The largest absolute Gasteiger partial charge is 0.497 e. The van der Waals surface area contributed by atoms with Crippen LogP contribution in [0.1, 0.15) is 6.92 Å². The van der Waals surface area contributed by atoms with Crippen LogP contribution < -0.4 is 20.1 Å². The number of hydrogen-bond acceptors (Lipinski definition) is 3. The van der Waals surface area contributed by atoms with Crippen LogP contribution in [0.2, 0.25) is 0 Å². The molecule has 0 aliphatic carbocycles. The van der Waals surface area contributed by atoms with Gasteiger partial charge in [-0.15, -0.1) is 24.0 Å². The first-order valence-corrected chi connectivity index (χ1v) is 5.88. The second kappa shape index (κ2) is 9.71. The SMILES string of the molecule is CN=C(NC)NCC(C)Oc1ccc(OC)cc1.I. The van der Waals surface area contributed by atoms with Crippen molar-refractivity contribution >= 4 is 29.9 Å². The Labute approximate surface area is 131 Å². The number of ether oxygens (including phenoxy) is 2. The maximum Gasteiger partial charge on any atom is 0.190 e. The molecule has 1 atom stereocenters. The third kappa shape index (κ3) is 6.51. The van der Waals surface area contributed by atoms with E-state index >= 15 is 0 Å². The van der Waals surface area contributed by atoms with Gasteiger partial charge in [-0.3, -0.25) is 4.99 Å². The number of hydrogen-bond donors (Lipinski definition) is 2. The molecule has 2 N–H and O–H groups in total. The Hall–Kier alpha value is -1.18. The molecule has 108 valence electrons. The van der Waals surface area contributed by atoms with E-state index in [1.165, 1.54) is 0 Å². The van der Waals surface area contributed by atoms with E-state index in [9.17, 15) is 0 Å². The fraction of sp³-hybridized carbons (Fsp3) is 0.462. The maximum atomic E-state index is 5.75. The molecule has 0 saturated heterocycles. The lowest BCUT2D eigenvalue weighted by Crippen LogP contribution is -2.40. The van der Waals surface area contributed by atoms with E-state index < -0.39 is 0 Å². The predicted octanol–water partition coefficient (Wildman–Crippen LogP) is 1.88. The van der Waals surface area contributed by atoms with Gasteiger partial charge in [0.25, 0.3) is 0 Å². The van der Waals surface area contributed by atoms with Crippen LogP contribution in [0.15, 0.2) is 29.3 Å². The second-order valence-electron chi connectivity index (χ2n) is 3.81. The van der Waals surface area contributed by atoms with Crippen LogP contribution in [0, 0.1) is 0 Å². The van der Waals surface area contributed by atoms with Crippen LogP contribution in [0.5, 0.6) is 11.5 Å². The quantitative estimate of drug-likeness (QED) is 0.466. The molecule has 0 aliphatic rings. The molecule has 0 radical (unpaired) electrons. The predicted molar refractivity (Wildman–Crippen MR) is 88.9 cm³/mol. The summed E-state index contributed by atoms with van der Waals surface area (Å²) in [6.45, 7) is 2.68. The molecule has 5 nitrogen and oxygen atoms in total. The van der Waals surface area contributed by atoms with Gasteiger partial charge in [0, 0.05) is 14.1 Å². The fourth-order valence-electron chi connectivity index (χ4n) is 1.45. The molecule has 1 unspecified atom stereocenters. The molecular formula is C13H22IN3O2. The van der Waals surface area contributed by atoms with Crippen LogP contribution in [-0.4, -0.2) is 39.8 Å². The Morgan fingerprint density at radius 2 is 1.84 bits per heavy atom. The lowest BCUT2D eigenvalue weighted by molar-refractivity contribution is 0.223. The lowest BCUT2D eigenvalue weighted by Gasteiger charge is -2.16. The molecule has 0 fully saturated rings. The average molecular weight is 379 g/mol. The summed E-state index contributed by atoms with van der Waals surface area (Å²) in [7, 11) is 5.20. The van der Waals surface area contributed by atoms with E-state index in [0.29, 0.717) is 6.54 Å². The van der Waals surface area contributed by atoms with Gasteiger partial charge in [-0.25, -0.2) is 0 Å². The normalized spacial score (nSPS) is 12.1. The van der Waals surface area contributed by atoms with E-state index in [4.69, 9.17) is 9.47 Å². The number of benzene rings is 1. The van der Waals surface area contributed by atoms with E-state index in [1.54, 1.807) is 14.2 Å². The topological polar surface area (TPSA) is 54.9 Å². The molecule has 0 bridgehead atoms. The van der Waals surface area contributed by atoms with Gasteiger partial charge in [-0.05, 0) is 31.2 Å². The van der Waals surface area contributed by atoms with Gasteiger partial charge >= 0.3 is 0 Å². The zero-order valence-electron chi connectivity index (χ0n) is 11.8. The van der Waals surface area contributed by atoms with Crippen molar-refractivity contribution < 1.29 is 9.47 Å². The van der Waals surface area contributed by atoms with Crippen LogP contribution >= 0.6 is 24.0 Å². The van der Waals surface area contributed by atoms with Crippen molar-refractivity contribution in [2.75, 3.05) is 27.7 Å². The Bertz CT molecular complexity index is 382. The van der Waals surface area contributed by atoms with Crippen molar-refractivity contribution in [3.8, 4) is 11.5 Å². The minimum Gasteiger partial charge on any atom is -0.497 e. The molecule has 0 aromatic heterocycles. The van der Waals surface area contributed by atoms with E-state index in [2.05, 4.69) is 15.6 Å². The number of methoxy groups -OCH3 is 1. The van der Waals surface area contributed by atoms with E-state index in [0.717, 1.165) is 17.5 Å². The molecule has 1 aromatic rings. The van der Waals surface area contributed by atoms with Gasteiger partial charge in [0.05, 0.1) is 13.7 Å². The molecule has 0 heterocycles. The number of nitrogens with one attached hydrogen (secondary N) is 2. The monoisotopic (exact) mass is 379 g/mol. The Kier molecular flexibility index (Phi) is 9.11. The summed E-state index contributed by atoms with van der Waals surface area (Å²) in [5.74, 6) is 2.40. The molecule has 0 aliphatic heterocycles. The highest BCUT2D eigenvalue weighted by molar-refractivity contribution is 14.0. The number of guanidine groups is 1. The fourth-order valence-corrected chi connectivity index (χ4v) is 1.45. The number of aliphatic imine (C=N–C) groups is 1. The molecule has 0 saturated carbocycles. The van der Waals surface area contributed by atoms with Crippen LogP contribution in [0.25, 0.3) is 0 Å². The first-order valence-electron chi connectivity index (χ1n) is 5.88. The Morgan fingerprint density at radius 1 is 1.26 bits per heavy atom. The minimum absolute atomic E-state index is 0. The summed E-state index contributed by atoms with van der Waals surface area (Å²) in [6.07, 6.45) is 0.0449. The molecule has 19 heavy (non-hydrogen) atoms. The number of rotatable bonds is 5. The van der Waals surface area contributed by atoms with E-state index in [1.807, 2.05) is 38.2 Å². The van der Waals surface area contributed by atoms with Gasteiger partial charge in [-0.2, -0.15) is 0 Å². The van der Waals surface area contributed by atoms with Crippen LogP contribution in [0.4, 0.5) is 0 Å². The van der Waals surface area contributed by atoms with Crippen molar-refractivity contribution in [1.82, 2.24) is 10.6 Å². The number of halogens is 1. The zero-order valence-corrected chi connectivity index (χ0v) is 14.1. The summed E-state index contributed by atoms with van der Waals surface area (Å²) in [5.41, 5.74) is 0. The number of nitrogens with zero attached hydrogens (tertiary/aromatic N) is 1. The molecule has 6 heteroatoms. The Balaban J connectivity index is 0.00000324. The van der Waals surface area contributed by atoms with Crippen LogP contribution in [0.3, 0.4) is 0 Å². The average Bonchev–Trinajstić information content (AvgIpc) is 2.41. The third-order valence-electron chi connectivity index (χ3n) is 2.41. The van der Waals surface area contributed by atoms with Crippen molar-refractivity contribution in [3.05, 3.63) is 24.3 Å². The van der Waals surface area contributed by atoms with Crippen molar-refractivity contribution in [2.24, 2.45) is 4.99 Å². The van der Waals surface area contributed by atoms with Gasteiger partial charge in [-0.1, -0.05) is 0 Å².